The molecule has 6 heteroatoms. The van der Waals surface area contributed by atoms with Crippen LogP contribution in [0.3, 0.4) is 0 Å². The van der Waals surface area contributed by atoms with Gasteiger partial charge in [0, 0.05) is 0 Å². The van der Waals surface area contributed by atoms with Crippen molar-refractivity contribution in [3.8, 4) is 0 Å². The lowest BCUT2D eigenvalue weighted by Crippen LogP contribution is -2.33. The number of carbonyl (C=O) groups is 1. The van der Waals surface area contributed by atoms with Gasteiger partial charge in [0.2, 0.25) is 0 Å². The number of methoxy groups -OCH3 is 1. The number of fused-ring (bicyclic) bond motifs is 1. The molecule has 0 unspecified atom stereocenters. The fourth-order valence-electron chi connectivity index (χ4n) is 3.86. The van der Waals surface area contributed by atoms with Gasteiger partial charge in [0.1, 0.15) is 6.04 Å². The molecule has 0 radical (unpaired) electrons. The summed E-state index contributed by atoms with van der Waals surface area (Å²) in [4.78, 5) is 12.4. The summed E-state index contributed by atoms with van der Waals surface area (Å²) in [5.74, 6) is -0.447. The molecule has 3 atom stereocenters. The van der Waals surface area contributed by atoms with E-state index >= 15 is 0 Å². The second-order valence-electron chi connectivity index (χ2n) is 6.96. The Labute approximate surface area is 164 Å². The van der Waals surface area contributed by atoms with Crippen LogP contribution in [-0.2, 0) is 19.4 Å². The van der Waals surface area contributed by atoms with E-state index in [1.165, 1.54) is 7.11 Å². The van der Waals surface area contributed by atoms with Crippen LogP contribution >= 0.6 is 0 Å². The van der Waals surface area contributed by atoms with Crippen molar-refractivity contribution < 1.29 is 17.9 Å². The van der Waals surface area contributed by atoms with E-state index in [1.54, 1.807) is 12.1 Å². The van der Waals surface area contributed by atoms with Gasteiger partial charge in [-0.15, -0.1) is 0 Å². The number of esters is 1. The standard InChI is InChI=1S/C22H21NO4S/c1-27-22(24)19-14-20(21(23-19)16-8-3-2-4-9-16)28(25,26)18-12-11-15-7-5-6-10-17(15)13-18/h2-13,19-21,23H,14H2,1H3/t19-,20+,21-/m1/s1. The van der Waals surface area contributed by atoms with E-state index in [1.807, 2.05) is 60.7 Å². The Morgan fingerprint density at radius 2 is 1.64 bits per heavy atom. The first-order valence-corrected chi connectivity index (χ1v) is 10.7. The van der Waals surface area contributed by atoms with Crippen LogP contribution in [0.4, 0.5) is 0 Å². The Balaban J connectivity index is 1.77. The first-order chi connectivity index (χ1) is 13.5. The van der Waals surface area contributed by atoms with Gasteiger partial charge in [0.25, 0.3) is 0 Å². The van der Waals surface area contributed by atoms with Gasteiger partial charge in [-0.05, 0) is 34.9 Å². The lowest BCUT2D eigenvalue weighted by atomic mass is 10.1. The maximum absolute atomic E-state index is 13.5. The summed E-state index contributed by atoms with van der Waals surface area (Å²) in [7, 11) is -2.36. The summed E-state index contributed by atoms with van der Waals surface area (Å²) >= 11 is 0. The topological polar surface area (TPSA) is 72.5 Å². The molecule has 1 aliphatic heterocycles. The molecule has 3 aromatic rings. The second-order valence-corrected chi connectivity index (χ2v) is 9.13. The van der Waals surface area contributed by atoms with Gasteiger partial charge < -0.3 is 4.74 Å². The fourth-order valence-corrected chi connectivity index (χ4v) is 5.80. The monoisotopic (exact) mass is 395 g/mol. The number of hydrogen-bond donors (Lipinski definition) is 1. The first kappa shape index (κ1) is 18.7. The van der Waals surface area contributed by atoms with Gasteiger partial charge in [0.05, 0.1) is 23.3 Å². The number of ether oxygens (including phenoxy) is 1. The van der Waals surface area contributed by atoms with Gasteiger partial charge in [-0.3, -0.25) is 10.1 Å². The minimum absolute atomic E-state index is 0.168. The highest BCUT2D eigenvalue weighted by molar-refractivity contribution is 7.92. The van der Waals surface area contributed by atoms with Crippen LogP contribution in [0.25, 0.3) is 10.8 Å². The zero-order valence-electron chi connectivity index (χ0n) is 15.4. The molecule has 1 aliphatic rings. The minimum atomic E-state index is -3.67. The van der Waals surface area contributed by atoms with Crippen LogP contribution in [0, 0.1) is 0 Å². The molecule has 5 nitrogen and oxygen atoms in total. The van der Waals surface area contributed by atoms with Crippen molar-refractivity contribution in [1.29, 1.82) is 0 Å². The molecule has 0 amide bonds. The van der Waals surface area contributed by atoms with E-state index in [9.17, 15) is 13.2 Å². The normalized spacial score (nSPS) is 22.2. The number of rotatable bonds is 4. The van der Waals surface area contributed by atoms with Crippen molar-refractivity contribution in [2.45, 2.75) is 28.6 Å². The lowest BCUT2D eigenvalue weighted by Gasteiger charge is -2.20. The molecule has 0 spiro atoms. The zero-order valence-corrected chi connectivity index (χ0v) is 16.2. The SMILES string of the molecule is COC(=O)[C@H]1C[C@H](S(=O)(=O)c2ccc3ccccc3c2)[C@@H](c2ccccc2)N1. The van der Waals surface area contributed by atoms with Crippen molar-refractivity contribution in [2.75, 3.05) is 7.11 Å². The average molecular weight is 395 g/mol. The quantitative estimate of drug-likeness (QED) is 0.687. The van der Waals surface area contributed by atoms with Crippen LogP contribution in [-0.4, -0.2) is 32.8 Å². The average Bonchev–Trinajstić information content (AvgIpc) is 3.20. The van der Waals surface area contributed by atoms with Crippen LogP contribution in [0.2, 0.25) is 0 Å². The van der Waals surface area contributed by atoms with Crippen LogP contribution in [0.15, 0.2) is 77.7 Å². The molecular weight excluding hydrogens is 374 g/mol. The molecule has 144 valence electrons. The van der Waals surface area contributed by atoms with Crippen molar-refractivity contribution >= 4 is 26.6 Å². The smallest absolute Gasteiger partial charge is 0.322 e. The molecule has 3 aromatic carbocycles. The van der Waals surface area contributed by atoms with Crippen molar-refractivity contribution in [3.63, 3.8) is 0 Å². The third-order valence-electron chi connectivity index (χ3n) is 5.31. The number of hydrogen-bond acceptors (Lipinski definition) is 5. The van der Waals surface area contributed by atoms with Gasteiger partial charge >= 0.3 is 5.97 Å². The molecule has 1 heterocycles. The van der Waals surface area contributed by atoms with Gasteiger partial charge in [-0.25, -0.2) is 8.42 Å². The zero-order chi connectivity index (χ0) is 19.7. The second kappa shape index (κ2) is 7.37. The molecule has 0 saturated carbocycles. The number of benzene rings is 3. The van der Waals surface area contributed by atoms with Crippen molar-refractivity contribution in [2.24, 2.45) is 0 Å². The Morgan fingerprint density at radius 3 is 2.36 bits per heavy atom. The molecule has 28 heavy (non-hydrogen) atoms. The van der Waals surface area contributed by atoms with Crippen LogP contribution in [0.1, 0.15) is 18.0 Å². The lowest BCUT2D eigenvalue weighted by molar-refractivity contribution is -0.142. The predicted octanol–water partition coefficient (Wildman–Crippen LogP) is 3.26. The highest BCUT2D eigenvalue weighted by atomic mass is 32.2. The van der Waals surface area contributed by atoms with Crippen molar-refractivity contribution in [3.05, 3.63) is 78.4 Å². The highest BCUT2D eigenvalue weighted by Crippen LogP contribution is 2.36. The Kier molecular flexibility index (Phi) is 4.91. The first-order valence-electron chi connectivity index (χ1n) is 9.12. The summed E-state index contributed by atoms with van der Waals surface area (Å²) in [5, 5.41) is 4.26. The molecule has 0 aromatic heterocycles. The maximum atomic E-state index is 13.5. The summed E-state index contributed by atoms with van der Waals surface area (Å²) < 4.78 is 31.9. The van der Waals surface area contributed by atoms with Crippen LogP contribution in [0.5, 0.6) is 0 Å². The predicted molar refractivity (Wildman–Crippen MR) is 108 cm³/mol. The van der Waals surface area contributed by atoms with Gasteiger partial charge in [-0.1, -0.05) is 60.7 Å². The van der Waals surface area contributed by atoms with E-state index in [2.05, 4.69) is 5.32 Å². The van der Waals surface area contributed by atoms with Gasteiger partial charge in [0.15, 0.2) is 9.84 Å². The van der Waals surface area contributed by atoms with E-state index in [-0.39, 0.29) is 11.3 Å². The molecule has 4 rings (SSSR count). The summed E-state index contributed by atoms with van der Waals surface area (Å²) in [6, 6.07) is 21.0. The summed E-state index contributed by atoms with van der Waals surface area (Å²) in [6.07, 6.45) is 0.168. The molecule has 1 N–H and O–H groups in total. The molecule has 1 saturated heterocycles. The fraction of sp³-hybridized carbons (Fsp3) is 0.227. The van der Waals surface area contributed by atoms with Crippen LogP contribution < -0.4 is 5.32 Å². The Hall–Kier alpha value is -2.70. The van der Waals surface area contributed by atoms with Gasteiger partial charge in [-0.2, -0.15) is 0 Å². The highest BCUT2D eigenvalue weighted by Gasteiger charge is 2.46. The largest absolute Gasteiger partial charge is 0.468 e. The van der Waals surface area contributed by atoms with Crippen molar-refractivity contribution in [1.82, 2.24) is 5.32 Å². The maximum Gasteiger partial charge on any atom is 0.322 e. The van der Waals surface area contributed by atoms with E-state index < -0.39 is 33.1 Å². The van der Waals surface area contributed by atoms with E-state index in [0.29, 0.717) is 0 Å². The Bertz CT molecular complexity index is 1110. The Morgan fingerprint density at radius 1 is 0.964 bits per heavy atom. The molecule has 0 bridgehead atoms. The van der Waals surface area contributed by atoms with E-state index in [4.69, 9.17) is 4.74 Å². The molecule has 1 fully saturated rings. The number of nitrogens with one attached hydrogen (secondary N) is 1. The third kappa shape index (κ3) is 3.30. The molecular formula is C22H21NO4S. The number of sulfone groups is 1. The summed E-state index contributed by atoms with van der Waals surface area (Å²) in [5.41, 5.74) is 0.836. The number of carbonyl (C=O) groups excluding carboxylic acids is 1. The third-order valence-corrected chi connectivity index (χ3v) is 7.49. The molecule has 0 aliphatic carbocycles. The van der Waals surface area contributed by atoms with E-state index in [0.717, 1.165) is 16.3 Å². The minimum Gasteiger partial charge on any atom is -0.468 e. The summed E-state index contributed by atoms with van der Waals surface area (Å²) in [6.45, 7) is 0.